The van der Waals surface area contributed by atoms with Crippen molar-refractivity contribution in [2.75, 3.05) is 32.5 Å². The Hall–Kier alpha value is -2.06. The van der Waals surface area contributed by atoms with Crippen molar-refractivity contribution in [3.63, 3.8) is 0 Å². The quantitative estimate of drug-likeness (QED) is 0.627. The van der Waals surface area contributed by atoms with Crippen LogP contribution in [0.25, 0.3) is 11.0 Å². The van der Waals surface area contributed by atoms with Gasteiger partial charge in [0, 0.05) is 6.54 Å². The van der Waals surface area contributed by atoms with E-state index >= 15 is 0 Å². The van der Waals surface area contributed by atoms with Crippen LogP contribution >= 0.6 is 11.7 Å². The van der Waals surface area contributed by atoms with Gasteiger partial charge in [0.2, 0.25) is 0 Å². The SMILES string of the molecule is CN(C)CCCNC(=O)C(=O)Nc1cccc2nsnc12. The Balaban J connectivity index is 1.89. The predicted molar refractivity (Wildman–Crippen MR) is 82.2 cm³/mol. The number of carbonyl (C=O) groups is 2. The fourth-order valence-electron chi connectivity index (χ4n) is 1.76. The van der Waals surface area contributed by atoms with E-state index in [2.05, 4.69) is 19.4 Å². The van der Waals surface area contributed by atoms with Crippen LogP contribution < -0.4 is 10.6 Å². The monoisotopic (exact) mass is 307 g/mol. The van der Waals surface area contributed by atoms with Crippen LogP contribution in [-0.4, -0.2) is 52.6 Å². The third-order valence-corrected chi connectivity index (χ3v) is 3.35. The molecule has 0 fully saturated rings. The number of fused-ring (bicyclic) bond motifs is 1. The average molecular weight is 307 g/mol. The molecule has 0 aliphatic rings. The summed E-state index contributed by atoms with van der Waals surface area (Å²) in [5.74, 6) is -1.34. The first kappa shape index (κ1) is 15.3. The van der Waals surface area contributed by atoms with Gasteiger partial charge in [-0.2, -0.15) is 8.75 Å². The highest BCUT2D eigenvalue weighted by Gasteiger charge is 2.15. The summed E-state index contributed by atoms with van der Waals surface area (Å²) in [6.45, 7) is 1.32. The highest BCUT2D eigenvalue weighted by molar-refractivity contribution is 7.00. The molecule has 0 saturated heterocycles. The topological polar surface area (TPSA) is 87.2 Å². The number of aromatic nitrogens is 2. The smallest absolute Gasteiger partial charge is 0.313 e. The Morgan fingerprint density at radius 1 is 1.24 bits per heavy atom. The number of anilines is 1. The molecule has 0 atom stereocenters. The van der Waals surface area contributed by atoms with Gasteiger partial charge >= 0.3 is 11.8 Å². The van der Waals surface area contributed by atoms with Crippen LogP contribution in [0.2, 0.25) is 0 Å². The number of rotatable bonds is 5. The summed E-state index contributed by atoms with van der Waals surface area (Å²) < 4.78 is 8.19. The van der Waals surface area contributed by atoms with Crippen molar-refractivity contribution in [2.24, 2.45) is 0 Å². The Morgan fingerprint density at radius 3 is 2.81 bits per heavy atom. The summed E-state index contributed by atoms with van der Waals surface area (Å²) in [5, 5.41) is 5.15. The van der Waals surface area contributed by atoms with Crippen LogP contribution in [0, 0.1) is 0 Å². The second-order valence-corrected chi connectivity index (χ2v) is 5.33. The minimum atomic E-state index is -0.694. The fraction of sp³-hybridized carbons (Fsp3) is 0.385. The van der Waals surface area contributed by atoms with Gasteiger partial charge in [0.15, 0.2) is 0 Å². The first-order valence-corrected chi connectivity index (χ1v) is 7.26. The first-order valence-electron chi connectivity index (χ1n) is 6.53. The maximum absolute atomic E-state index is 11.8. The Kier molecular flexibility index (Phi) is 5.18. The Bertz CT molecular complexity index is 640. The molecule has 2 amide bonds. The van der Waals surface area contributed by atoms with Crippen LogP contribution in [0.1, 0.15) is 6.42 Å². The number of hydrogen-bond acceptors (Lipinski definition) is 6. The van der Waals surface area contributed by atoms with Gasteiger partial charge in [0.25, 0.3) is 0 Å². The molecule has 0 aliphatic heterocycles. The summed E-state index contributed by atoms with van der Waals surface area (Å²) >= 11 is 1.07. The van der Waals surface area contributed by atoms with Crippen LogP contribution in [0.4, 0.5) is 5.69 Å². The number of amides is 2. The zero-order valence-corrected chi connectivity index (χ0v) is 12.7. The fourth-order valence-corrected chi connectivity index (χ4v) is 2.31. The zero-order chi connectivity index (χ0) is 15.2. The molecule has 1 heterocycles. The maximum atomic E-state index is 11.8. The standard InChI is InChI=1S/C13H17N5O2S/c1-18(2)8-4-7-14-12(19)13(20)15-9-5-3-6-10-11(9)17-21-16-10/h3,5-6H,4,7-8H2,1-2H3,(H,14,19)(H,15,20). The van der Waals surface area contributed by atoms with E-state index in [9.17, 15) is 9.59 Å². The number of nitrogens with zero attached hydrogens (tertiary/aromatic N) is 3. The molecule has 112 valence electrons. The van der Waals surface area contributed by atoms with E-state index in [0.717, 1.165) is 24.7 Å². The van der Waals surface area contributed by atoms with Gasteiger partial charge in [0.05, 0.1) is 17.4 Å². The van der Waals surface area contributed by atoms with Crippen LogP contribution in [0.5, 0.6) is 0 Å². The van der Waals surface area contributed by atoms with Gasteiger partial charge < -0.3 is 15.5 Å². The summed E-state index contributed by atoms with van der Waals surface area (Å²) in [7, 11) is 3.91. The van der Waals surface area contributed by atoms with E-state index in [1.54, 1.807) is 18.2 Å². The van der Waals surface area contributed by atoms with E-state index in [-0.39, 0.29) is 0 Å². The van der Waals surface area contributed by atoms with Crippen LogP contribution in [0.3, 0.4) is 0 Å². The average Bonchev–Trinajstić information content (AvgIpc) is 2.92. The highest BCUT2D eigenvalue weighted by atomic mass is 32.1. The zero-order valence-electron chi connectivity index (χ0n) is 11.9. The third-order valence-electron chi connectivity index (χ3n) is 2.81. The normalized spacial score (nSPS) is 10.8. The predicted octanol–water partition coefficient (Wildman–Crippen LogP) is 0.698. The van der Waals surface area contributed by atoms with Gasteiger partial charge in [-0.15, -0.1) is 0 Å². The molecule has 0 aliphatic carbocycles. The first-order chi connectivity index (χ1) is 10.1. The van der Waals surface area contributed by atoms with Crippen molar-refractivity contribution in [2.45, 2.75) is 6.42 Å². The lowest BCUT2D eigenvalue weighted by Crippen LogP contribution is -2.36. The van der Waals surface area contributed by atoms with Crippen molar-refractivity contribution >= 4 is 40.3 Å². The minimum absolute atomic E-state index is 0.465. The molecule has 21 heavy (non-hydrogen) atoms. The number of nitrogens with one attached hydrogen (secondary N) is 2. The number of carbonyl (C=O) groups excluding carboxylic acids is 2. The second-order valence-electron chi connectivity index (χ2n) is 4.80. The minimum Gasteiger partial charge on any atom is -0.348 e. The molecule has 0 spiro atoms. The molecule has 2 rings (SSSR count). The summed E-state index contributed by atoms with van der Waals surface area (Å²) in [5.41, 5.74) is 1.79. The highest BCUT2D eigenvalue weighted by Crippen LogP contribution is 2.20. The molecule has 8 heteroatoms. The molecule has 1 aromatic heterocycles. The second kappa shape index (κ2) is 7.09. The Morgan fingerprint density at radius 2 is 2.05 bits per heavy atom. The van der Waals surface area contributed by atoms with Crippen molar-refractivity contribution in [3.8, 4) is 0 Å². The molecule has 0 bridgehead atoms. The number of benzene rings is 1. The van der Waals surface area contributed by atoms with Gasteiger partial charge in [-0.3, -0.25) is 9.59 Å². The van der Waals surface area contributed by atoms with E-state index in [0.29, 0.717) is 23.3 Å². The molecular formula is C13H17N5O2S. The van der Waals surface area contributed by atoms with Gasteiger partial charge in [-0.1, -0.05) is 6.07 Å². The van der Waals surface area contributed by atoms with Crippen LogP contribution in [0.15, 0.2) is 18.2 Å². The van der Waals surface area contributed by atoms with Gasteiger partial charge in [-0.25, -0.2) is 0 Å². The molecule has 0 saturated carbocycles. The third kappa shape index (κ3) is 4.20. The maximum Gasteiger partial charge on any atom is 0.313 e. The van der Waals surface area contributed by atoms with E-state index in [1.807, 2.05) is 19.0 Å². The molecule has 1 aromatic carbocycles. The summed E-state index contributed by atoms with van der Waals surface area (Å²) in [6, 6.07) is 5.26. The molecule has 0 radical (unpaired) electrons. The lowest BCUT2D eigenvalue weighted by atomic mass is 10.2. The Labute approximate surface area is 126 Å². The lowest BCUT2D eigenvalue weighted by molar-refractivity contribution is -0.136. The summed E-state index contributed by atoms with van der Waals surface area (Å²) in [6.07, 6.45) is 0.789. The van der Waals surface area contributed by atoms with Crippen LogP contribution in [-0.2, 0) is 9.59 Å². The van der Waals surface area contributed by atoms with Crippen molar-refractivity contribution in [3.05, 3.63) is 18.2 Å². The van der Waals surface area contributed by atoms with Crippen molar-refractivity contribution < 1.29 is 9.59 Å². The van der Waals surface area contributed by atoms with E-state index in [4.69, 9.17) is 0 Å². The van der Waals surface area contributed by atoms with E-state index < -0.39 is 11.8 Å². The van der Waals surface area contributed by atoms with Gasteiger partial charge in [0.1, 0.15) is 11.0 Å². The molecule has 2 aromatic rings. The molecule has 7 nitrogen and oxygen atoms in total. The number of hydrogen-bond donors (Lipinski definition) is 2. The molecular weight excluding hydrogens is 290 g/mol. The van der Waals surface area contributed by atoms with E-state index in [1.165, 1.54) is 0 Å². The lowest BCUT2D eigenvalue weighted by Gasteiger charge is -2.10. The molecule has 0 unspecified atom stereocenters. The van der Waals surface area contributed by atoms with Crippen molar-refractivity contribution in [1.29, 1.82) is 0 Å². The van der Waals surface area contributed by atoms with Crippen molar-refractivity contribution in [1.82, 2.24) is 19.0 Å². The molecule has 2 N–H and O–H groups in total. The summed E-state index contributed by atoms with van der Waals surface area (Å²) in [4.78, 5) is 25.5. The van der Waals surface area contributed by atoms with Gasteiger partial charge in [-0.05, 0) is 39.2 Å². The largest absolute Gasteiger partial charge is 0.348 e.